The number of nitrogens with one attached hydrogen (secondary N) is 2. The predicted octanol–water partition coefficient (Wildman–Crippen LogP) is 1.36. The van der Waals surface area contributed by atoms with Crippen molar-refractivity contribution in [2.24, 2.45) is 5.84 Å². The maximum absolute atomic E-state index is 12.1. The molecule has 0 aliphatic heterocycles. The van der Waals surface area contributed by atoms with Crippen LogP contribution in [0, 0.1) is 0 Å². The average Bonchev–Trinajstić information content (AvgIpc) is 2.99. The molecule has 2 rings (SSSR count). The molecular formula is C13H17N5OS. The molecule has 0 bridgehead atoms. The van der Waals surface area contributed by atoms with Crippen LogP contribution in [-0.4, -0.2) is 22.4 Å². The number of hydrazine groups is 1. The molecule has 2 aromatic heterocycles. The van der Waals surface area contributed by atoms with Crippen molar-refractivity contribution in [1.29, 1.82) is 0 Å². The van der Waals surface area contributed by atoms with Crippen LogP contribution in [0.2, 0.25) is 0 Å². The quantitative estimate of drug-likeness (QED) is 0.552. The number of pyridine rings is 1. The molecule has 0 unspecified atom stereocenters. The molecule has 2 aromatic rings. The number of rotatable bonds is 6. The maximum Gasteiger partial charge on any atom is 0.251 e. The van der Waals surface area contributed by atoms with Crippen molar-refractivity contribution in [1.82, 2.24) is 15.3 Å². The van der Waals surface area contributed by atoms with Gasteiger partial charge in [-0.2, -0.15) is 0 Å². The van der Waals surface area contributed by atoms with Crippen molar-refractivity contribution in [2.45, 2.75) is 19.8 Å². The van der Waals surface area contributed by atoms with Crippen molar-refractivity contribution in [3.05, 3.63) is 40.0 Å². The summed E-state index contributed by atoms with van der Waals surface area (Å²) in [5, 5.41) is 4.85. The van der Waals surface area contributed by atoms with E-state index in [2.05, 4.69) is 20.7 Å². The molecule has 0 aliphatic rings. The second-order valence-electron chi connectivity index (χ2n) is 4.22. The van der Waals surface area contributed by atoms with Gasteiger partial charge in [-0.3, -0.25) is 4.79 Å². The number of carbonyl (C=O) groups is 1. The minimum atomic E-state index is -0.131. The van der Waals surface area contributed by atoms with E-state index >= 15 is 0 Å². The van der Waals surface area contributed by atoms with Gasteiger partial charge >= 0.3 is 0 Å². The van der Waals surface area contributed by atoms with Crippen molar-refractivity contribution >= 4 is 23.1 Å². The topological polar surface area (TPSA) is 92.9 Å². The first-order chi connectivity index (χ1) is 9.72. The first-order valence-corrected chi connectivity index (χ1v) is 7.30. The highest BCUT2D eigenvalue weighted by atomic mass is 32.1. The Bertz CT molecular complexity index is 548. The predicted molar refractivity (Wildman–Crippen MR) is 79.6 cm³/mol. The summed E-state index contributed by atoms with van der Waals surface area (Å²) in [4.78, 5) is 20.5. The molecule has 20 heavy (non-hydrogen) atoms. The molecule has 0 atom stereocenters. The molecule has 7 heteroatoms. The van der Waals surface area contributed by atoms with Crippen LogP contribution in [0.15, 0.2) is 23.0 Å². The van der Waals surface area contributed by atoms with Gasteiger partial charge in [-0.1, -0.05) is 6.92 Å². The monoisotopic (exact) mass is 291 g/mol. The van der Waals surface area contributed by atoms with Crippen LogP contribution in [0.1, 0.15) is 28.7 Å². The standard InChI is InChI=1S/C13H17N5OS/c1-2-10-5-9(6-12(17-10)18-14)13(19)15-4-3-11-7-20-8-16-11/h5-8H,2-4,14H2,1H3,(H,15,19)(H,17,18). The zero-order valence-corrected chi connectivity index (χ0v) is 12.0. The molecule has 6 nitrogen and oxygen atoms in total. The molecule has 0 saturated carbocycles. The number of anilines is 1. The Hall–Kier alpha value is -1.99. The summed E-state index contributed by atoms with van der Waals surface area (Å²) in [5.41, 5.74) is 6.63. The first kappa shape index (κ1) is 14.4. The molecule has 2 heterocycles. The second kappa shape index (κ2) is 6.97. The highest BCUT2D eigenvalue weighted by Crippen LogP contribution is 2.10. The van der Waals surface area contributed by atoms with Crippen LogP contribution in [0.5, 0.6) is 0 Å². The van der Waals surface area contributed by atoms with Crippen LogP contribution in [0.3, 0.4) is 0 Å². The third-order valence-corrected chi connectivity index (χ3v) is 3.44. The van der Waals surface area contributed by atoms with E-state index in [9.17, 15) is 4.79 Å². The third-order valence-electron chi connectivity index (χ3n) is 2.80. The van der Waals surface area contributed by atoms with Gasteiger partial charge in [-0.25, -0.2) is 15.8 Å². The fraction of sp³-hybridized carbons (Fsp3) is 0.308. The van der Waals surface area contributed by atoms with Gasteiger partial charge in [-0.05, 0) is 18.6 Å². The van der Waals surface area contributed by atoms with E-state index in [0.717, 1.165) is 24.2 Å². The zero-order chi connectivity index (χ0) is 14.4. The van der Waals surface area contributed by atoms with Gasteiger partial charge in [0.1, 0.15) is 5.82 Å². The van der Waals surface area contributed by atoms with E-state index in [0.29, 0.717) is 17.9 Å². The highest BCUT2D eigenvalue weighted by Gasteiger charge is 2.09. The summed E-state index contributed by atoms with van der Waals surface area (Å²) in [5.74, 6) is 5.72. The number of nitrogens with two attached hydrogens (primary N) is 1. The summed E-state index contributed by atoms with van der Waals surface area (Å²) in [6, 6.07) is 3.41. The number of aromatic nitrogens is 2. The van der Waals surface area contributed by atoms with Gasteiger partial charge in [0.15, 0.2) is 0 Å². The largest absolute Gasteiger partial charge is 0.352 e. The molecule has 1 amide bonds. The van der Waals surface area contributed by atoms with E-state index < -0.39 is 0 Å². The molecular weight excluding hydrogens is 274 g/mol. The van der Waals surface area contributed by atoms with Crippen molar-refractivity contribution in [3.8, 4) is 0 Å². The lowest BCUT2D eigenvalue weighted by Gasteiger charge is -2.08. The number of nitrogens with zero attached hydrogens (tertiary/aromatic N) is 2. The fourth-order valence-electron chi connectivity index (χ4n) is 1.74. The average molecular weight is 291 g/mol. The summed E-state index contributed by atoms with van der Waals surface area (Å²) in [6.07, 6.45) is 1.47. The molecule has 4 N–H and O–H groups in total. The van der Waals surface area contributed by atoms with Crippen LogP contribution in [-0.2, 0) is 12.8 Å². The molecule has 0 spiro atoms. The molecule has 0 aromatic carbocycles. The smallest absolute Gasteiger partial charge is 0.251 e. The van der Waals surface area contributed by atoms with Gasteiger partial charge in [0.2, 0.25) is 0 Å². The van der Waals surface area contributed by atoms with Gasteiger partial charge < -0.3 is 10.7 Å². The number of amides is 1. The molecule has 0 aliphatic carbocycles. The van der Waals surface area contributed by atoms with Crippen molar-refractivity contribution in [3.63, 3.8) is 0 Å². The molecule has 0 fully saturated rings. The van der Waals surface area contributed by atoms with Crippen LogP contribution in [0.4, 0.5) is 5.82 Å². The maximum atomic E-state index is 12.1. The van der Waals surface area contributed by atoms with Gasteiger partial charge in [0, 0.05) is 29.6 Å². The number of nitrogen functional groups attached to an aromatic ring is 1. The van der Waals surface area contributed by atoms with E-state index in [4.69, 9.17) is 5.84 Å². The van der Waals surface area contributed by atoms with E-state index in [1.165, 1.54) is 0 Å². The summed E-state index contributed by atoms with van der Waals surface area (Å²) >= 11 is 1.55. The molecule has 0 saturated heterocycles. The highest BCUT2D eigenvalue weighted by molar-refractivity contribution is 7.07. The lowest BCUT2D eigenvalue weighted by atomic mass is 10.2. The Kier molecular flexibility index (Phi) is 5.03. The normalized spacial score (nSPS) is 10.3. The second-order valence-corrected chi connectivity index (χ2v) is 4.93. The number of thiazole rings is 1. The Morgan fingerprint density at radius 2 is 2.25 bits per heavy atom. The Morgan fingerprint density at radius 3 is 2.90 bits per heavy atom. The lowest BCUT2D eigenvalue weighted by Crippen LogP contribution is -2.26. The van der Waals surface area contributed by atoms with Gasteiger partial charge in [0.25, 0.3) is 5.91 Å². The Balaban J connectivity index is 1.97. The SMILES string of the molecule is CCc1cc(C(=O)NCCc2cscn2)cc(NN)n1. The summed E-state index contributed by atoms with van der Waals surface area (Å²) in [6.45, 7) is 2.53. The lowest BCUT2D eigenvalue weighted by molar-refractivity contribution is 0.0954. The number of carbonyl (C=O) groups excluding carboxylic acids is 1. The van der Waals surface area contributed by atoms with Gasteiger partial charge in [0.05, 0.1) is 11.2 Å². The zero-order valence-electron chi connectivity index (χ0n) is 11.2. The van der Waals surface area contributed by atoms with E-state index in [-0.39, 0.29) is 5.91 Å². The van der Waals surface area contributed by atoms with Crippen LogP contribution in [0.25, 0.3) is 0 Å². The van der Waals surface area contributed by atoms with Gasteiger partial charge in [-0.15, -0.1) is 11.3 Å². The van der Waals surface area contributed by atoms with Crippen LogP contribution < -0.4 is 16.6 Å². The Labute approximate surface area is 121 Å². The Morgan fingerprint density at radius 1 is 1.40 bits per heavy atom. The summed E-state index contributed by atoms with van der Waals surface area (Å²) in [7, 11) is 0. The van der Waals surface area contributed by atoms with E-state index in [1.807, 2.05) is 12.3 Å². The van der Waals surface area contributed by atoms with Crippen molar-refractivity contribution in [2.75, 3.05) is 12.0 Å². The number of hydrogen-bond donors (Lipinski definition) is 3. The minimum absolute atomic E-state index is 0.131. The first-order valence-electron chi connectivity index (χ1n) is 6.35. The number of aryl methyl sites for hydroxylation is 1. The third kappa shape index (κ3) is 3.75. The number of hydrogen-bond acceptors (Lipinski definition) is 6. The van der Waals surface area contributed by atoms with E-state index in [1.54, 1.807) is 29.0 Å². The fourth-order valence-corrected chi connectivity index (χ4v) is 2.33. The molecule has 0 radical (unpaired) electrons. The summed E-state index contributed by atoms with van der Waals surface area (Å²) < 4.78 is 0. The minimum Gasteiger partial charge on any atom is -0.352 e. The van der Waals surface area contributed by atoms with Crippen LogP contribution >= 0.6 is 11.3 Å². The van der Waals surface area contributed by atoms with Crippen molar-refractivity contribution < 1.29 is 4.79 Å². The molecule has 106 valence electrons.